The number of hydrazone groups is 1. The molecule has 1 aromatic carbocycles. The van der Waals surface area contributed by atoms with Crippen molar-refractivity contribution in [2.45, 2.75) is 52.7 Å². The minimum Gasteiger partial charge on any atom is -0.384 e. The molecule has 142 valence electrons. The van der Waals surface area contributed by atoms with Crippen LogP contribution in [0.4, 0.5) is 0 Å². The summed E-state index contributed by atoms with van der Waals surface area (Å²) in [6, 6.07) is 8.63. The van der Waals surface area contributed by atoms with E-state index >= 15 is 0 Å². The van der Waals surface area contributed by atoms with Crippen molar-refractivity contribution in [2.75, 3.05) is 13.7 Å². The highest BCUT2D eigenvalue weighted by Gasteiger charge is 2.36. The van der Waals surface area contributed by atoms with Gasteiger partial charge in [-0.3, -0.25) is 5.43 Å². The summed E-state index contributed by atoms with van der Waals surface area (Å²) in [5.74, 6) is 1.69. The second-order valence-corrected chi connectivity index (χ2v) is 8.60. The Balaban J connectivity index is 1.81. The van der Waals surface area contributed by atoms with Crippen LogP contribution < -0.4 is 5.43 Å². The first-order valence-corrected chi connectivity index (χ1v) is 9.59. The van der Waals surface area contributed by atoms with Gasteiger partial charge in [0.15, 0.2) is 0 Å². The zero-order chi connectivity index (χ0) is 18.7. The molecule has 1 aromatic rings. The maximum atomic E-state index is 5.87. The molecule has 26 heavy (non-hydrogen) atoms. The molecule has 2 bridgehead atoms. The summed E-state index contributed by atoms with van der Waals surface area (Å²) in [6.45, 7) is 9.94. The number of hydrogen-bond acceptors (Lipinski definition) is 4. The average molecular weight is 357 g/mol. The van der Waals surface area contributed by atoms with E-state index in [1.807, 2.05) is 0 Å². The molecule has 4 nitrogen and oxygen atoms in total. The van der Waals surface area contributed by atoms with Crippen molar-refractivity contribution >= 4 is 11.9 Å². The SMILES string of the molecule is COCC1CC2/C=N\N/C(c3ccc(COC(C)(C)C)cc3)=C(\C)C1C2. The second kappa shape index (κ2) is 7.93. The van der Waals surface area contributed by atoms with Crippen LogP contribution in [0, 0.1) is 17.8 Å². The Bertz CT molecular complexity index is 670. The van der Waals surface area contributed by atoms with Crippen molar-refractivity contribution in [1.29, 1.82) is 0 Å². The van der Waals surface area contributed by atoms with Crippen molar-refractivity contribution in [3.8, 4) is 0 Å². The number of fused-ring (bicyclic) bond motifs is 2. The molecular weight excluding hydrogens is 324 g/mol. The Morgan fingerprint density at radius 1 is 1.15 bits per heavy atom. The van der Waals surface area contributed by atoms with Gasteiger partial charge in [-0.05, 0) is 75.0 Å². The van der Waals surface area contributed by atoms with Gasteiger partial charge in [-0.1, -0.05) is 24.3 Å². The molecule has 3 atom stereocenters. The number of ether oxygens (including phenoxy) is 2. The minimum absolute atomic E-state index is 0.122. The zero-order valence-electron chi connectivity index (χ0n) is 16.7. The predicted molar refractivity (Wildman–Crippen MR) is 107 cm³/mol. The highest BCUT2D eigenvalue weighted by atomic mass is 16.5. The van der Waals surface area contributed by atoms with Crippen LogP contribution in [0.5, 0.6) is 0 Å². The fourth-order valence-electron chi connectivity index (χ4n) is 4.06. The third kappa shape index (κ3) is 4.54. The molecule has 1 aliphatic carbocycles. The predicted octanol–water partition coefficient (Wildman–Crippen LogP) is 4.61. The summed E-state index contributed by atoms with van der Waals surface area (Å²) in [7, 11) is 1.80. The zero-order valence-corrected chi connectivity index (χ0v) is 16.7. The molecule has 1 saturated carbocycles. The van der Waals surface area contributed by atoms with Crippen molar-refractivity contribution in [3.63, 3.8) is 0 Å². The molecule has 0 spiro atoms. The Morgan fingerprint density at radius 2 is 1.88 bits per heavy atom. The normalized spacial score (nSPS) is 29.8. The largest absolute Gasteiger partial charge is 0.384 e. The van der Waals surface area contributed by atoms with E-state index in [-0.39, 0.29) is 5.60 Å². The molecule has 4 heteroatoms. The number of methoxy groups -OCH3 is 1. The molecule has 3 unspecified atom stereocenters. The first-order valence-electron chi connectivity index (χ1n) is 9.59. The Hall–Kier alpha value is -1.65. The summed E-state index contributed by atoms with van der Waals surface area (Å²) in [5, 5.41) is 4.51. The number of benzene rings is 1. The highest BCUT2D eigenvalue weighted by molar-refractivity contribution is 5.71. The molecule has 1 heterocycles. The number of rotatable bonds is 5. The fraction of sp³-hybridized carbons (Fsp3) is 0.591. The maximum Gasteiger partial charge on any atom is 0.0724 e. The Morgan fingerprint density at radius 3 is 2.54 bits per heavy atom. The van der Waals surface area contributed by atoms with Crippen LogP contribution in [0.15, 0.2) is 34.9 Å². The van der Waals surface area contributed by atoms with E-state index in [1.54, 1.807) is 7.11 Å². The molecule has 2 aliphatic rings. The van der Waals surface area contributed by atoms with Gasteiger partial charge in [0.05, 0.1) is 17.9 Å². The Kier molecular flexibility index (Phi) is 5.83. The standard InChI is InChI=1S/C22H32N2O2/c1-15-20-11-17(10-19(20)14-25-5)12-23-24-21(15)18-8-6-16(7-9-18)13-26-22(2,3)4/h6-9,12,17,19-20,24H,10-11,13-14H2,1-5H3/b21-15+,23-12-. The summed E-state index contributed by atoms with van der Waals surface area (Å²) in [5.41, 5.74) is 8.08. The van der Waals surface area contributed by atoms with E-state index in [1.165, 1.54) is 23.1 Å². The molecule has 1 fully saturated rings. The van der Waals surface area contributed by atoms with Crippen molar-refractivity contribution in [2.24, 2.45) is 22.9 Å². The van der Waals surface area contributed by atoms with Crippen LogP contribution >= 0.6 is 0 Å². The molecular formula is C22H32N2O2. The number of nitrogens with zero attached hydrogens (tertiary/aromatic N) is 1. The van der Waals surface area contributed by atoms with Crippen LogP contribution in [0.2, 0.25) is 0 Å². The van der Waals surface area contributed by atoms with Gasteiger partial charge < -0.3 is 9.47 Å². The van der Waals surface area contributed by atoms with Gasteiger partial charge in [0.1, 0.15) is 0 Å². The minimum atomic E-state index is -0.122. The summed E-state index contributed by atoms with van der Waals surface area (Å²) in [6.07, 6.45) is 4.42. The first kappa shape index (κ1) is 19.1. The molecule has 0 radical (unpaired) electrons. The van der Waals surface area contributed by atoms with Crippen LogP contribution in [0.25, 0.3) is 5.70 Å². The fourth-order valence-corrected chi connectivity index (χ4v) is 4.06. The molecule has 0 amide bonds. The maximum absolute atomic E-state index is 5.87. The number of hydrogen-bond donors (Lipinski definition) is 1. The summed E-state index contributed by atoms with van der Waals surface area (Å²) >= 11 is 0. The lowest BCUT2D eigenvalue weighted by Gasteiger charge is -2.24. The van der Waals surface area contributed by atoms with E-state index < -0.39 is 0 Å². The lowest BCUT2D eigenvalue weighted by Crippen LogP contribution is -2.19. The smallest absolute Gasteiger partial charge is 0.0724 e. The van der Waals surface area contributed by atoms with Crippen molar-refractivity contribution < 1.29 is 9.47 Å². The third-order valence-corrected chi connectivity index (χ3v) is 5.44. The molecule has 1 N–H and O–H groups in total. The summed E-state index contributed by atoms with van der Waals surface area (Å²) < 4.78 is 11.3. The van der Waals surface area contributed by atoms with E-state index in [2.05, 4.69) is 68.7 Å². The van der Waals surface area contributed by atoms with Crippen molar-refractivity contribution in [1.82, 2.24) is 5.43 Å². The number of nitrogens with one attached hydrogen (secondary N) is 1. The lowest BCUT2D eigenvalue weighted by molar-refractivity contribution is -0.0149. The quantitative estimate of drug-likeness (QED) is 0.838. The van der Waals surface area contributed by atoms with Gasteiger partial charge in [-0.15, -0.1) is 0 Å². The van der Waals surface area contributed by atoms with Crippen LogP contribution in [0.1, 0.15) is 51.7 Å². The van der Waals surface area contributed by atoms with E-state index in [0.717, 1.165) is 18.7 Å². The highest BCUT2D eigenvalue weighted by Crippen LogP contribution is 2.42. The van der Waals surface area contributed by atoms with Gasteiger partial charge in [0.25, 0.3) is 0 Å². The first-order chi connectivity index (χ1) is 12.4. The van der Waals surface area contributed by atoms with Crippen LogP contribution in [-0.2, 0) is 16.1 Å². The van der Waals surface area contributed by atoms with E-state index in [0.29, 0.717) is 24.4 Å². The third-order valence-electron chi connectivity index (χ3n) is 5.44. The monoisotopic (exact) mass is 356 g/mol. The average Bonchev–Trinajstić information content (AvgIpc) is 3.00. The van der Waals surface area contributed by atoms with E-state index in [4.69, 9.17) is 9.47 Å². The van der Waals surface area contributed by atoms with Gasteiger partial charge in [-0.25, -0.2) is 0 Å². The van der Waals surface area contributed by atoms with Gasteiger partial charge in [0, 0.05) is 19.9 Å². The second-order valence-electron chi connectivity index (χ2n) is 8.60. The van der Waals surface area contributed by atoms with E-state index in [9.17, 15) is 0 Å². The Labute approximate surface area is 157 Å². The molecule has 1 aliphatic heterocycles. The van der Waals surface area contributed by atoms with Crippen LogP contribution in [0.3, 0.4) is 0 Å². The molecule has 0 saturated heterocycles. The van der Waals surface area contributed by atoms with Crippen LogP contribution in [-0.4, -0.2) is 25.5 Å². The summed E-state index contributed by atoms with van der Waals surface area (Å²) in [4.78, 5) is 0. The van der Waals surface area contributed by atoms with Gasteiger partial charge in [-0.2, -0.15) is 5.10 Å². The number of allylic oxidation sites excluding steroid dienone is 1. The molecule has 0 aromatic heterocycles. The lowest BCUT2D eigenvalue weighted by atomic mass is 9.87. The van der Waals surface area contributed by atoms with Crippen molar-refractivity contribution in [3.05, 3.63) is 41.0 Å². The molecule has 3 rings (SSSR count). The van der Waals surface area contributed by atoms with Gasteiger partial charge >= 0.3 is 0 Å². The van der Waals surface area contributed by atoms with Gasteiger partial charge in [0.2, 0.25) is 0 Å². The topological polar surface area (TPSA) is 42.8 Å².